The Hall–Kier alpha value is -2.17. The van der Waals surface area contributed by atoms with Gasteiger partial charge in [0.25, 0.3) is 0 Å². The van der Waals surface area contributed by atoms with Crippen LogP contribution < -0.4 is 4.90 Å². The van der Waals surface area contributed by atoms with Crippen molar-refractivity contribution < 1.29 is 19.5 Å². The van der Waals surface area contributed by atoms with Crippen LogP contribution in [-0.4, -0.2) is 29.3 Å². The maximum absolute atomic E-state index is 12.1. The number of carbonyl (C=O) groups excluding carboxylic acids is 2. The molecule has 0 saturated carbocycles. The van der Waals surface area contributed by atoms with E-state index in [1.54, 1.807) is 17.9 Å². The molecule has 2 rings (SSSR count). The zero-order chi connectivity index (χ0) is 15.4. The number of hydrogen-bond donors (Lipinski definition) is 1. The van der Waals surface area contributed by atoms with Crippen molar-refractivity contribution in [2.24, 2.45) is 0 Å². The minimum Gasteiger partial charge on any atom is -0.481 e. The van der Waals surface area contributed by atoms with Crippen LogP contribution in [0.2, 0.25) is 0 Å². The first-order chi connectivity index (χ1) is 9.99. The third-order valence-electron chi connectivity index (χ3n) is 3.69. The Kier molecular flexibility index (Phi) is 4.73. The molecule has 0 radical (unpaired) electrons. The maximum atomic E-state index is 12.1. The first-order valence-corrected chi connectivity index (χ1v) is 7.15. The molecule has 1 aliphatic rings. The predicted molar refractivity (Wildman–Crippen MR) is 78.6 cm³/mol. The minimum absolute atomic E-state index is 0.00873. The number of aryl methyl sites for hydroxylation is 1. The number of carbonyl (C=O) groups is 3. The van der Waals surface area contributed by atoms with Crippen molar-refractivity contribution in [1.29, 1.82) is 0 Å². The molecule has 0 atom stereocenters. The van der Waals surface area contributed by atoms with Gasteiger partial charge in [-0.05, 0) is 43.0 Å². The minimum atomic E-state index is -0.884. The number of hydrogen-bond acceptors (Lipinski definition) is 3. The van der Waals surface area contributed by atoms with Gasteiger partial charge >= 0.3 is 5.97 Å². The summed E-state index contributed by atoms with van der Waals surface area (Å²) < 4.78 is 0. The standard InChI is InChI=1S/C16H19NO4/c1-11(18)17-9-3-4-12-10-13(7-8-14(12)17)15(19)5-2-6-16(20)21/h7-8,10H,2-6,9H2,1H3,(H,20,21). The molecule has 0 unspecified atom stereocenters. The highest BCUT2D eigenvalue weighted by atomic mass is 16.4. The second-order valence-corrected chi connectivity index (χ2v) is 5.29. The van der Waals surface area contributed by atoms with Gasteiger partial charge in [-0.1, -0.05) is 0 Å². The summed E-state index contributed by atoms with van der Waals surface area (Å²) in [6, 6.07) is 5.39. The highest BCUT2D eigenvalue weighted by molar-refractivity contribution is 5.98. The average molecular weight is 289 g/mol. The average Bonchev–Trinajstić information content (AvgIpc) is 2.45. The van der Waals surface area contributed by atoms with E-state index in [1.807, 2.05) is 12.1 Å². The molecule has 0 aliphatic carbocycles. The van der Waals surface area contributed by atoms with Gasteiger partial charge in [0.1, 0.15) is 0 Å². The summed E-state index contributed by atoms with van der Waals surface area (Å²) in [6.07, 6.45) is 2.35. The second kappa shape index (κ2) is 6.52. The molecule has 1 N–H and O–H groups in total. The molecule has 0 spiro atoms. The van der Waals surface area contributed by atoms with Gasteiger partial charge in [0.2, 0.25) is 5.91 Å². The van der Waals surface area contributed by atoms with E-state index in [9.17, 15) is 14.4 Å². The second-order valence-electron chi connectivity index (χ2n) is 5.29. The van der Waals surface area contributed by atoms with Crippen LogP contribution in [0.5, 0.6) is 0 Å². The molecule has 1 aliphatic heterocycles. The zero-order valence-electron chi connectivity index (χ0n) is 12.1. The third-order valence-corrected chi connectivity index (χ3v) is 3.69. The fourth-order valence-corrected chi connectivity index (χ4v) is 2.64. The van der Waals surface area contributed by atoms with E-state index in [-0.39, 0.29) is 24.5 Å². The molecule has 0 aromatic heterocycles. The molecule has 1 aromatic rings. The fourth-order valence-electron chi connectivity index (χ4n) is 2.64. The quantitative estimate of drug-likeness (QED) is 0.845. The van der Waals surface area contributed by atoms with Gasteiger partial charge in [-0.15, -0.1) is 0 Å². The van der Waals surface area contributed by atoms with Crippen molar-refractivity contribution in [3.05, 3.63) is 29.3 Å². The lowest BCUT2D eigenvalue weighted by molar-refractivity contribution is -0.137. The Morgan fingerprint density at radius 3 is 2.67 bits per heavy atom. The lowest BCUT2D eigenvalue weighted by Gasteiger charge is -2.28. The van der Waals surface area contributed by atoms with Gasteiger partial charge in [-0.3, -0.25) is 14.4 Å². The van der Waals surface area contributed by atoms with E-state index in [0.717, 1.165) is 24.1 Å². The van der Waals surface area contributed by atoms with Gasteiger partial charge in [-0.25, -0.2) is 0 Å². The number of rotatable bonds is 5. The van der Waals surface area contributed by atoms with Crippen molar-refractivity contribution in [3.63, 3.8) is 0 Å². The van der Waals surface area contributed by atoms with E-state index in [2.05, 4.69) is 0 Å². The number of carboxylic acids is 1. The molecule has 1 heterocycles. The smallest absolute Gasteiger partial charge is 0.303 e. The van der Waals surface area contributed by atoms with Crippen LogP contribution in [0, 0.1) is 0 Å². The van der Waals surface area contributed by atoms with E-state index in [4.69, 9.17) is 5.11 Å². The molecule has 0 bridgehead atoms. The summed E-state index contributed by atoms with van der Waals surface area (Å²) in [4.78, 5) is 35.8. The van der Waals surface area contributed by atoms with Crippen LogP contribution >= 0.6 is 0 Å². The molecule has 21 heavy (non-hydrogen) atoms. The Balaban J connectivity index is 2.11. The first kappa shape index (κ1) is 15.2. The largest absolute Gasteiger partial charge is 0.481 e. The number of nitrogens with zero attached hydrogens (tertiary/aromatic N) is 1. The molecule has 5 heteroatoms. The first-order valence-electron chi connectivity index (χ1n) is 7.15. The van der Waals surface area contributed by atoms with Gasteiger partial charge in [0, 0.05) is 37.6 Å². The summed E-state index contributed by atoms with van der Waals surface area (Å²) in [5, 5.41) is 8.59. The van der Waals surface area contributed by atoms with Crippen molar-refractivity contribution in [3.8, 4) is 0 Å². The van der Waals surface area contributed by atoms with E-state index in [1.165, 1.54) is 0 Å². The molecular weight excluding hydrogens is 270 g/mol. The molecule has 112 valence electrons. The van der Waals surface area contributed by atoms with Crippen molar-refractivity contribution in [1.82, 2.24) is 0 Å². The molecular formula is C16H19NO4. The monoisotopic (exact) mass is 289 g/mol. The van der Waals surface area contributed by atoms with Gasteiger partial charge in [0.15, 0.2) is 5.78 Å². The molecule has 1 aromatic carbocycles. The lowest BCUT2D eigenvalue weighted by Crippen LogP contribution is -2.33. The summed E-state index contributed by atoms with van der Waals surface area (Å²) >= 11 is 0. The number of Topliss-reactive ketones (excluding diaryl/α,β-unsaturated/α-hetero) is 1. The number of amides is 1. The predicted octanol–water partition coefficient (Wildman–Crippen LogP) is 2.42. The topological polar surface area (TPSA) is 74.7 Å². The van der Waals surface area contributed by atoms with Gasteiger partial charge in [-0.2, -0.15) is 0 Å². The van der Waals surface area contributed by atoms with Crippen molar-refractivity contribution in [2.45, 2.75) is 39.0 Å². The molecule has 0 saturated heterocycles. The van der Waals surface area contributed by atoms with Gasteiger partial charge in [0.05, 0.1) is 0 Å². The van der Waals surface area contributed by atoms with Crippen LogP contribution in [0.4, 0.5) is 5.69 Å². The summed E-state index contributed by atoms with van der Waals surface area (Å²) in [5.41, 5.74) is 2.50. The Labute approximate surface area is 123 Å². The highest BCUT2D eigenvalue weighted by Crippen LogP contribution is 2.28. The SMILES string of the molecule is CC(=O)N1CCCc2cc(C(=O)CCCC(=O)O)ccc21. The number of anilines is 1. The van der Waals surface area contributed by atoms with Gasteiger partial charge < -0.3 is 10.0 Å². The summed E-state index contributed by atoms with van der Waals surface area (Å²) in [5.74, 6) is -0.916. The fraction of sp³-hybridized carbons (Fsp3) is 0.438. The van der Waals surface area contributed by atoms with Crippen LogP contribution in [0.25, 0.3) is 0 Å². The summed E-state index contributed by atoms with van der Waals surface area (Å²) in [7, 11) is 0. The van der Waals surface area contributed by atoms with E-state index < -0.39 is 5.97 Å². The molecule has 0 fully saturated rings. The van der Waals surface area contributed by atoms with Crippen molar-refractivity contribution >= 4 is 23.3 Å². The van der Waals surface area contributed by atoms with E-state index >= 15 is 0 Å². The van der Waals surface area contributed by atoms with E-state index in [0.29, 0.717) is 18.5 Å². The molecule has 5 nitrogen and oxygen atoms in total. The number of fused-ring (bicyclic) bond motifs is 1. The van der Waals surface area contributed by atoms with Crippen LogP contribution in [-0.2, 0) is 16.0 Å². The maximum Gasteiger partial charge on any atom is 0.303 e. The Morgan fingerprint density at radius 1 is 1.24 bits per heavy atom. The van der Waals surface area contributed by atoms with Crippen molar-refractivity contribution in [2.75, 3.05) is 11.4 Å². The number of carboxylic acid groups (broad SMARTS) is 1. The highest BCUT2D eigenvalue weighted by Gasteiger charge is 2.21. The van der Waals surface area contributed by atoms with Crippen LogP contribution in [0.15, 0.2) is 18.2 Å². The molecule has 1 amide bonds. The zero-order valence-corrected chi connectivity index (χ0v) is 12.1. The Morgan fingerprint density at radius 2 is 2.00 bits per heavy atom. The normalized spacial score (nSPS) is 13.7. The number of aliphatic carboxylic acids is 1. The number of benzene rings is 1. The summed E-state index contributed by atoms with van der Waals surface area (Å²) in [6.45, 7) is 2.26. The van der Waals surface area contributed by atoms with Crippen LogP contribution in [0.1, 0.15) is 48.5 Å². The van der Waals surface area contributed by atoms with Crippen LogP contribution in [0.3, 0.4) is 0 Å². The lowest BCUT2D eigenvalue weighted by atomic mass is 9.96. The number of ketones is 1. The third kappa shape index (κ3) is 3.68. The Bertz CT molecular complexity index is 580.